The van der Waals surface area contributed by atoms with E-state index in [-0.39, 0.29) is 0 Å². The SMILES string of the molecule is CCNCc1ccncc1N(C)CC1CCN(C)C1. The van der Waals surface area contributed by atoms with Crippen molar-refractivity contribution in [1.82, 2.24) is 15.2 Å². The molecule has 106 valence electrons. The lowest BCUT2D eigenvalue weighted by molar-refractivity contribution is 0.396. The minimum atomic E-state index is 0.780. The molecule has 4 nitrogen and oxygen atoms in total. The van der Waals surface area contributed by atoms with Crippen molar-refractivity contribution in [1.29, 1.82) is 0 Å². The zero-order chi connectivity index (χ0) is 13.7. The summed E-state index contributed by atoms with van der Waals surface area (Å²) in [7, 11) is 4.39. The Bertz CT molecular complexity index is 393. The number of likely N-dealkylation sites (tertiary alicyclic amines) is 1. The van der Waals surface area contributed by atoms with Gasteiger partial charge in [-0.3, -0.25) is 4.98 Å². The fourth-order valence-electron chi connectivity index (χ4n) is 2.83. The molecule has 0 spiro atoms. The normalized spacial score (nSPS) is 19.8. The van der Waals surface area contributed by atoms with Gasteiger partial charge in [-0.05, 0) is 44.1 Å². The highest BCUT2D eigenvalue weighted by atomic mass is 15.2. The third kappa shape index (κ3) is 3.91. The van der Waals surface area contributed by atoms with E-state index in [1.165, 1.54) is 30.8 Å². The van der Waals surface area contributed by atoms with Gasteiger partial charge in [0.25, 0.3) is 0 Å². The van der Waals surface area contributed by atoms with E-state index in [4.69, 9.17) is 0 Å². The molecule has 0 amide bonds. The Morgan fingerprint density at radius 2 is 2.37 bits per heavy atom. The van der Waals surface area contributed by atoms with Gasteiger partial charge in [0.15, 0.2) is 0 Å². The summed E-state index contributed by atoms with van der Waals surface area (Å²) in [5.41, 5.74) is 2.60. The lowest BCUT2D eigenvalue weighted by Gasteiger charge is -2.25. The van der Waals surface area contributed by atoms with Gasteiger partial charge in [-0.15, -0.1) is 0 Å². The molecule has 0 radical (unpaired) electrons. The molecule has 1 aromatic heterocycles. The van der Waals surface area contributed by atoms with Gasteiger partial charge in [-0.1, -0.05) is 6.92 Å². The average Bonchev–Trinajstić information content (AvgIpc) is 2.82. The second-order valence-corrected chi connectivity index (χ2v) is 5.58. The first-order valence-electron chi connectivity index (χ1n) is 7.24. The Labute approximate surface area is 116 Å². The first kappa shape index (κ1) is 14.3. The molecule has 4 heteroatoms. The lowest BCUT2D eigenvalue weighted by atomic mass is 10.1. The monoisotopic (exact) mass is 262 g/mol. The van der Waals surface area contributed by atoms with Crippen LogP contribution in [0.25, 0.3) is 0 Å². The van der Waals surface area contributed by atoms with Crippen LogP contribution in [0, 0.1) is 5.92 Å². The number of hydrogen-bond donors (Lipinski definition) is 1. The van der Waals surface area contributed by atoms with E-state index >= 15 is 0 Å². The van der Waals surface area contributed by atoms with E-state index < -0.39 is 0 Å². The Balaban J connectivity index is 1.99. The predicted octanol–water partition coefficient (Wildman–Crippen LogP) is 1.58. The maximum atomic E-state index is 4.28. The summed E-state index contributed by atoms with van der Waals surface area (Å²) in [6.45, 7) is 7.62. The van der Waals surface area contributed by atoms with Crippen molar-refractivity contribution in [3.05, 3.63) is 24.0 Å². The summed E-state index contributed by atoms with van der Waals surface area (Å²) in [5, 5.41) is 3.40. The molecule has 0 aromatic carbocycles. The molecular formula is C15H26N4. The van der Waals surface area contributed by atoms with Crippen molar-refractivity contribution in [3.63, 3.8) is 0 Å². The molecular weight excluding hydrogens is 236 g/mol. The molecule has 0 saturated carbocycles. The molecule has 1 aromatic rings. The first-order chi connectivity index (χ1) is 9.20. The van der Waals surface area contributed by atoms with Crippen molar-refractivity contribution in [3.8, 4) is 0 Å². The van der Waals surface area contributed by atoms with Gasteiger partial charge < -0.3 is 15.1 Å². The topological polar surface area (TPSA) is 31.4 Å². The Morgan fingerprint density at radius 1 is 1.53 bits per heavy atom. The fourth-order valence-corrected chi connectivity index (χ4v) is 2.83. The summed E-state index contributed by atoms with van der Waals surface area (Å²) < 4.78 is 0. The van der Waals surface area contributed by atoms with E-state index in [1.54, 1.807) is 0 Å². The van der Waals surface area contributed by atoms with Crippen LogP contribution < -0.4 is 10.2 Å². The van der Waals surface area contributed by atoms with Gasteiger partial charge in [0.1, 0.15) is 0 Å². The van der Waals surface area contributed by atoms with Gasteiger partial charge in [-0.25, -0.2) is 0 Å². The van der Waals surface area contributed by atoms with E-state index in [0.29, 0.717) is 0 Å². The standard InChI is InChI=1S/C15H26N4/c1-4-16-9-14-5-7-17-10-15(14)19(3)12-13-6-8-18(2)11-13/h5,7,10,13,16H,4,6,8-9,11-12H2,1-3H3. The third-order valence-electron chi connectivity index (χ3n) is 3.89. The zero-order valence-corrected chi connectivity index (χ0v) is 12.4. The maximum absolute atomic E-state index is 4.28. The van der Waals surface area contributed by atoms with Crippen molar-refractivity contribution < 1.29 is 0 Å². The number of rotatable bonds is 6. The molecule has 1 saturated heterocycles. The smallest absolute Gasteiger partial charge is 0.0595 e. The second kappa shape index (κ2) is 6.87. The van der Waals surface area contributed by atoms with Crippen LogP contribution in [0.15, 0.2) is 18.5 Å². The van der Waals surface area contributed by atoms with Crippen molar-refractivity contribution >= 4 is 5.69 Å². The second-order valence-electron chi connectivity index (χ2n) is 5.58. The summed E-state index contributed by atoms with van der Waals surface area (Å²) in [5.74, 6) is 0.780. The highest BCUT2D eigenvalue weighted by Gasteiger charge is 2.21. The molecule has 1 atom stereocenters. The molecule has 1 aliphatic rings. The molecule has 0 bridgehead atoms. The summed E-state index contributed by atoms with van der Waals surface area (Å²) in [6, 6.07) is 2.12. The fraction of sp³-hybridized carbons (Fsp3) is 0.667. The van der Waals surface area contributed by atoms with Crippen LogP contribution >= 0.6 is 0 Å². The lowest BCUT2D eigenvalue weighted by Crippen LogP contribution is -2.28. The highest BCUT2D eigenvalue weighted by molar-refractivity contribution is 5.51. The quantitative estimate of drug-likeness (QED) is 0.843. The molecule has 19 heavy (non-hydrogen) atoms. The minimum Gasteiger partial charge on any atom is -0.373 e. The number of anilines is 1. The van der Waals surface area contributed by atoms with Crippen LogP contribution in [-0.4, -0.2) is 50.2 Å². The minimum absolute atomic E-state index is 0.780. The van der Waals surface area contributed by atoms with Crippen LogP contribution in [0.5, 0.6) is 0 Å². The van der Waals surface area contributed by atoms with Crippen LogP contribution in [0.3, 0.4) is 0 Å². The first-order valence-corrected chi connectivity index (χ1v) is 7.24. The van der Waals surface area contributed by atoms with Gasteiger partial charge >= 0.3 is 0 Å². The van der Waals surface area contributed by atoms with Crippen LogP contribution in [-0.2, 0) is 6.54 Å². The molecule has 1 aliphatic heterocycles. The van der Waals surface area contributed by atoms with E-state index in [2.05, 4.69) is 47.2 Å². The van der Waals surface area contributed by atoms with Crippen LogP contribution in [0.1, 0.15) is 18.9 Å². The maximum Gasteiger partial charge on any atom is 0.0595 e. The van der Waals surface area contributed by atoms with Gasteiger partial charge in [0.05, 0.1) is 11.9 Å². The molecule has 1 N–H and O–H groups in total. The van der Waals surface area contributed by atoms with Crippen molar-refractivity contribution in [2.75, 3.05) is 45.2 Å². The third-order valence-corrected chi connectivity index (χ3v) is 3.89. The number of nitrogens with one attached hydrogen (secondary N) is 1. The van der Waals surface area contributed by atoms with Gasteiger partial charge in [-0.2, -0.15) is 0 Å². The summed E-state index contributed by atoms with van der Waals surface area (Å²) in [6.07, 6.45) is 5.18. The van der Waals surface area contributed by atoms with Crippen molar-refractivity contribution in [2.45, 2.75) is 19.9 Å². The number of nitrogens with zero attached hydrogens (tertiary/aromatic N) is 3. The molecule has 1 unspecified atom stereocenters. The zero-order valence-electron chi connectivity index (χ0n) is 12.4. The predicted molar refractivity (Wildman–Crippen MR) is 80.5 cm³/mol. The van der Waals surface area contributed by atoms with Crippen LogP contribution in [0.2, 0.25) is 0 Å². The molecule has 1 fully saturated rings. The van der Waals surface area contributed by atoms with Gasteiger partial charge in [0, 0.05) is 32.9 Å². The van der Waals surface area contributed by atoms with E-state index in [1.807, 2.05) is 12.4 Å². The summed E-state index contributed by atoms with van der Waals surface area (Å²) >= 11 is 0. The summed E-state index contributed by atoms with van der Waals surface area (Å²) in [4.78, 5) is 9.07. The van der Waals surface area contributed by atoms with Gasteiger partial charge in [0.2, 0.25) is 0 Å². The highest BCUT2D eigenvalue weighted by Crippen LogP contribution is 2.22. The molecule has 0 aliphatic carbocycles. The largest absolute Gasteiger partial charge is 0.373 e. The number of pyridine rings is 1. The van der Waals surface area contributed by atoms with E-state index in [0.717, 1.165) is 25.6 Å². The Morgan fingerprint density at radius 3 is 3.05 bits per heavy atom. The van der Waals surface area contributed by atoms with Crippen molar-refractivity contribution in [2.24, 2.45) is 5.92 Å². The van der Waals surface area contributed by atoms with Crippen LogP contribution in [0.4, 0.5) is 5.69 Å². The van der Waals surface area contributed by atoms with E-state index in [9.17, 15) is 0 Å². The Hall–Kier alpha value is -1.13. The Kier molecular flexibility index (Phi) is 5.16. The molecule has 2 heterocycles. The molecule has 2 rings (SSSR count). The number of hydrogen-bond acceptors (Lipinski definition) is 4. The average molecular weight is 262 g/mol. The number of aromatic nitrogens is 1.